The summed E-state index contributed by atoms with van der Waals surface area (Å²) < 4.78 is 6.78. The van der Waals surface area contributed by atoms with Crippen molar-refractivity contribution in [1.82, 2.24) is 14.8 Å². The van der Waals surface area contributed by atoms with E-state index in [1.807, 2.05) is 30.3 Å². The summed E-state index contributed by atoms with van der Waals surface area (Å²) in [5.41, 5.74) is 1.49. The molecular weight excluding hydrogens is 326 g/mol. The number of hydrogen-bond donors (Lipinski definition) is 1. The highest BCUT2D eigenvalue weighted by atomic mass is 32.2. The van der Waals surface area contributed by atoms with Crippen LogP contribution >= 0.6 is 11.8 Å². The van der Waals surface area contributed by atoms with E-state index in [4.69, 9.17) is 4.74 Å². The second kappa shape index (κ2) is 7.18. The first-order valence-electron chi connectivity index (χ1n) is 7.18. The number of aliphatic carboxylic acids is 1. The number of hydrogen-bond acceptors (Lipinski definition) is 5. The van der Waals surface area contributed by atoms with Gasteiger partial charge in [0.2, 0.25) is 5.16 Å². The second-order valence-corrected chi connectivity index (χ2v) is 5.99. The molecule has 0 spiro atoms. The molecule has 122 valence electrons. The highest BCUT2D eigenvalue weighted by Gasteiger charge is 2.23. The topological polar surface area (TPSA) is 77.2 Å². The molecule has 7 heteroatoms. The molecule has 3 rings (SSSR count). The zero-order valence-electron chi connectivity index (χ0n) is 12.9. The van der Waals surface area contributed by atoms with Gasteiger partial charge in [0.15, 0.2) is 0 Å². The molecule has 0 amide bonds. The molecule has 1 aromatic heterocycles. The molecule has 0 aliphatic heterocycles. The van der Waals surface area contributed by atoms with Gasteiger partial charge in [-0.25, -0.2) is 9.67 Å². The molecule has 3 aromatic rings. The lowest BCUT2D eigenvalue weighted by Gasteiger charge is -2.11. The molecule has 1 N–H and O–H groups in total. The van der Waals surface area contributed by atoms with Crippen molar-refractivity contribution in [3.05, 3.63) is 66.5 Å². The van der Waals surface area contributed by atoms with Crippen LogP contribution in [0, 0.1) is 0 Å². The van der Waals surface area contributed by atoms with Crippen LogP contribution in [-0.2, 0) is 4.79 Å². The van der Waals surface area contributed by atoms with Crippen molar-refractivity contribution in [2.75, 3.05) is 7.11 Å². The largest absolute Gasteiger partial charge is 0.497 e. The zero-order valence-corrected chi connectivity index (χ0v) is 13.7. The third kappa shape index (κ3) is 3.57. The number of aromatic nitrogens is 3. The van der Waals surface area contributed by atoms with Crippen molar-refractivity contribution in [3.8, 4) is 11.4 Å². The first-order valence-corrected chi connectivity index (χ1v) is 8.06. The number of thioether (sulfide) groups is 1. The predicted molar refractivity (Wildman–Crippen MR) is 90.6 cm³/mol. The lowest BCUT2D eigenvalue weighted by molar-refractivity contribution is -0.136. The Morgan fingerprint density at radius 2 is 2.00 bits per heavy atom. The lowest BCUT2D eigenvalue weighted by atomic mass is 10.1. The van der Waals surface area contributed by atoms with Gasteiger partial charge in [0, 0.05) is 0 Å². The van der Waals surface area contributed by atoms with E-state index in [1.165, 1.54) is 0 Å². The highest BCUT2D eigenvalue weighted by Crippen LogP contribution is 2.35. The van der Waals surface area contributed by atoms with E-state index in [9.17, 15) is 9.90 Å². The normalized spacial score (nSPS) is 11.9. The molecule has 0 fully saturated rings. The van der Waals surface area contributed by atoms with Crippen LogP contribution < -0.4 is 4.74 Å². The minimum Gasteiger partial charge on any atom is -0.497 e. The Labute approximate surface area is 143 Å². The van der Waals surface area contributed by atoms with Gasteiger partial charge >= 0.3 is 5.97 Å². The smallest absolute Gasteiger partial charge is 0.321 e. The van der Waals surface area contributed by atoms with Gasteiger partial charge in [-0.1, -0.05) is 42.1 Å². The van der Waals surface area contributed by atoms with Crippen molar-refractivity contribution in [1.29, 1.82) is 0 Å². The summed E-state index contributed by atoms with van der Waals surface area (Å²) in [6, 6.07) is 16.5. The number of rotatable bonds is 6. The minimum atomic E-state index is -0.954. The Bertz CT molecular complexity index is 836. The van der Waals surface area contributed by atoms with Crippen LogP contribution in [0.25, 0.3) is 5.69 Å². The number of ether oxygens (including phenoxy) is 1. The van der Waals surface area contributed by atoms with E-state index in [-0.39, 0.29) is 0 Å². The lowest BCUT2D eigenvalue weighted by Crippen LogP contribution is -2.08. The number of carboxylic acid groups (broad SMARTS) is 1. The molecule has 6 nitrogen and oxygen atoms in total. The molecule has 0 aliphatic carbocycles. The number of carbonyl (C=O) groups is 1. The van der Waals surface area contributed by atoms with Gasteiger partial charge in [-0.3, -0.25) is 4.79 Å². The average Bonchev–Trinajstić information content (AvgIpc) is 3.09. The first-order chi connectivity index (χ1) is 11.7. The van der Waals surface area contributed by atoms with Gasteiger partial charge < -0.3 is 9.84 Å². The average molecular weight is 341 g/mol. The van der Waals surface area contributed by atoms with Gasteiger partial charge in [0.25, 0.3) is 0 Å². The van der Waals surface area contributed by atoms with Gasteiger partial charge in [-0.2, -0.15) is 0 Å². The number of methoxy groups -OCH3 is 1. The van der Waals surface area contributed by atoms with Gasteiger partial charge in [-0.05, 0) is 29.8 Å². The Morgan fingerprint density at radius 1 is 1.21 bits per heavy atom. The van der Waals surface area contributed by atoms with Crippen LogP contribution in [0.3, 0.4) is 0 Å². The maximum atomic E-state index is 11.7. The maximum absolute atomic E-state index is 11.7. The molecule has 24 heavy (non-hydrogen) atoms. The fourth-order valence-electron chi connectivity index (χ4n) is 2.18. The van der Waals surface area contributed by atoms with Gasteiger partial charge in [-0.15, -0.1) is 5.10 Å². The van der Waals surface area contributed by atoms with E-state index in [0.29, 0.717) is 16.5 Å². The molecule has 0 bridgehead atoms. The molecule has 1 heterocycles. The molecule has 1 unspecified atom stereocenters. The molecule has 0 saturated heterocycles. The number of benzene rings is 2. The fourth-order valence-corrected chi connectivity index (χ4v) is 3.02. The van der Waals surface area contributed by atoms with Crippen LogP contribution in [0.2, 0.25) is 0 Å². The summed E-state index contributed by atoms with van der Waals surface area (Å²) in [5, 5.41) is 13.5. The van der Waals surface area contributed by atoms with Crippen molar-refractivity contribution >= 4 is 17.7 Å². The van der Waals surface area contributed by atoms with E-state index in [1.54, 1.807) is 42.4 Å². The summed E-state index contributed by atoms with van der Waals surface area (Å²) in [6.45, 7) is 0. The third-order valence-electron chi connectivity index (χ3n) is 3.34. The third-order valence-corrected chi connectivity index (χ3v) is 4.44. The maximum Gasteiger partial charge on any atom is 0.321 e. The van der Waals surface area contributed by atoms with Crippen molar-refractivity contribution in [2.45, 2.75) is 10.4 Å². The Morgan fingerprint density at radius 3 is 2.71 bits per heavy atom. The van der Waals surface area contributed by atoms with E-state index in [2.05, 4.69) is 10.1 Å². The number of nitrogens with zero attached hydrogens (tertiary/aromatic N) is 3. The molecule has 0 saturated carbocycles. The number of carboxylic acids is 1. The van der Waals surface area contributed by atoms with Crippen LogP contribution in [0.5, 0.6) is 5.75 Å². The molecule has 2 aromatic carbocycles. The summed E-state index contributed by atoms with van der Waals surface area (Å²) >= 11 is 1.09. The summed E-state index contributed by atoms with van der Waals surface area (Å²) in [4.78, 5) is 15.9. The van der Waals surface area contributed by atoms with Crippen molar-refractivity contribution in [3.63, 3.8) is 0 Å². The Balaban J connectivity index is 1.84. The standard InChI is InChI=1S/C17H15N3O3S/c1-23-14-9-5-6-12(10-14)15(16(21)22)24-17-18-11-20(19-17)13-7-3-2-4-8-13/h2-11,15H,1H3,(H,21,22). The fraction of sp³-hybridized carbons (Fsp3) is 0.118. The van der Waals surface area contributed by atoms with Gasteiger partial charge in [0.1, 0.15) is 17.3 Å². The zero-order chi connectivity index (χ0) is 16.9. The van der Waals surface area contributed by atoms with Crippen LogP contribution in [0.1, 0.15) is 10.8 Å². The molecule has 0 radical (unpaired) electrons. The predicted octanol–water partition coefficient (Wildman–Crippen LogP) is 3.19. The van der Waals surface area contributed by atoms with Crippen LogP contribution in [0.4, 0.5) is 0 Å². The SMILES string of the molecule is COc1cccc(C(Sc2ncn(-c3ccccc3)n2)C(=O)O)c1. The monoisotopic (exact) mass is 341 g/mol. The Hall–Kier alpha value is -2.80. The summed E-state index contributed by atoms with van der Waals surface area (Å²) in [7, 11) is 1.55. The van der Waals surface area contributed by atoms with E-state index in [0.717, 1.165) is 17.4 Å². The molecular formula is C17H15N3O3S. The minimum absolute atomic E-state index is 0.397. The van der Waals surface area contributed by atoms with E-state index >= 15 is 0 Å². The van der Waals surface area contributed by atoms with Crippen LogP contribution in [0.15, 0.2) is 66.1 Å². The summed E-state index contributed by atoms with van der Waals surface area (Å²) in [6.07, 6.45) is 1.57. The molecule has 0 aliphatic rings. The van der Waals surface area contributed by atoms with Crippen molar-refractivity contribution in [2.24, 2.45) is 0 Å². The Kier molecular flexibility index (Phi) is 4.81. The first kappa shape index (κ1) is 16.1. The molecule has 1 atom stereocenters. The van der Waals surface area contributed by atoms with Gasteiger partial charge in [0.05, 0.1) is 12.8 Å². The second-order valence-electron chi connectivity index (χ2n) is 4.92. The summed E-state index contributed by atoms with van der Waals surface area (Å²) in [5.74, 6) is -0.341. The van der Waals surface area contributed by atoms with Crippen LogP contribution in [-0.4, -0.2) is 33.0 Å². The van der Waals surface area contributed by atoms with E-state index < -0.39 is 11.2 Å². The number of para-hydroxylation sites is 1. The van der Waals surface area contributed by atoms with Crippen molar-refractivity contribution < 1.29 is 14.6 Å². The quantitative estimate of drug-likeness (QED) is 0.694. The highest BCUT2D eigenvalue weighted by molar-refractivity contribution is 8.00.